The highest BCUT2D eigenvalue weighted by Crippen LogP contribution is 2.25. The molecule has 0 atom stereocenters. The zero-order chi connectivity index (χ0) is 14.9. The van der Waals surface area contributed by atoms with Crippen LogP contribution in [0.25, 0.3) is 11.3 Å². The van der Waals surface area contributed by atoms with Gasteiger partial charge < -0.3 is 10.1 Å². The molecule has 4 heteroatoms. The molecule has 1 aromatic carbocycles. The van der Waals surface area contributed by atoms with E-state index in [2.05, 4.69) is 23.7 Å². The molecule has 0 bridgehead atoms. The van der Waals surface area contributed by atoms with Gasteiger partial charge in [-0.1, -0.05) is 31.9 Å². The van der Waals surface area contributed by atoms with E-state index in [1.165, 1.54) is 24.3 Å². The molecule has 1 N–H and O–H groups in total. The number of thiazole rings is 1. The van der Waals surface area contributed by atoms with Crippen LogP contribution < -0.4 is 10.1 Å². The summed E-state index contributed by atoms with van der Waals surface area (Å²) in [6, 6.07) is 8.06. The fourth-order valence-electron chi connectivity index (χ4n) is 2.16. The number of nitrogens with one attached hydrogen (secondary N) is 1. The molecule has 0 aliphatic rings. The average molecular weight is 304 g/mol. The summed E-state index contributed by atoms with van der Waals surface area (Å²) in [7, 11) is 1.69. The van der Waals surface area contributed by atoms with Gasteiger partial charge >= 0.3 is 0 Å². The Kier molecular flexibility index (Phi) is 6.70. The van der Waals surface area contributed by atoms with Crippen molar-refractivity contribution < 1.29 is 4.74 Å². The van der Waals surface area contributed by atoms with Crippen LogP contribution in [0.1, 0.15) is 31.2 Å². The summed E-state index contributed by atoms with van der Waals surface area (Å²) in [4.78, 5) is 4.71. The van der Waals surface area contributed by atoms with Gasteiger partial charge in [-0.25, -0.2) is 4.98 Å². The lowest BCUT2D eigenvalue weighted by molar-refractivity contribution is 0.415. The molecule has 1 aromatic heterocycles. The Morgan fingerprint density at radius 1 is 1.24 bits per heavy atom. The maximum absolute atomic E-state index is 5.26. The maximum atomic E-state index is 5.26. The van der Waals surface area contributed by atoms with Crippen molar-refractivity contribution in [2.45, 2.75) is 32.6 Å². The van der Waals surface area contributed by atoms with Crippen LogP contribution >= 0.6 is 11.3 Å². The monoisotopic (exact) mass is 304 g/mol. The smallest absolute Gasteiger partial charge is 0.119 e. The minimum absolute atomic E-state index is 0.875. The SMILES string of the molecule is CCCCCNCCc1nc(-c2cccc(OC)c2)cs1. The van der Waals surface area contributed by atoms with Crippen molar-refractivity contribution in [1.82, 2.24) is 10.3 Å². The molecule has 0 aliphatic heterocycles. The topological polar surface area (TPSA) is 34.2 Å². The zero-order valence-electron chi connectivity index (χ0n) is 12.9. The Bertz CT molecular complexity index is 539. The predicted molar refractivity (Wildman–Crippen MR) is 90.2 cm³/mol. The van der Waals surface area contributed by atoms with Crippen molar-refractivity contribution in [3.63, 3.8) is 0 Å². The number of rotatable bonds is 9. The van der Waals surface area contributed by atoms with Crippen molar-refractivity contribution in [2.75, 3.05) is 20.2 Å². The average Bonchev–Trinajstić information content (AvgIpc) is 3.00. The van der Waals surface area contributed by atoms with E-state index in [9.17, 15) is 0 Å². The second-order valence-electron chi connectivity index (χ2n) is 5.07. The summed E-state index contributed by atoms with van der Waals surface area (Å²) in [5.74, 6) is 0.875. The largest absolute Gasteiger partial charge is 0.497 e. The molecule has 0 fully saturated rings. The molecule has 2 rings (SSSR count). The Balaban J connectivity index is 1.83. The first-order valence-electron chi connectivity index (χ1n) is 7.63. The van der Waals surface area contributed by atoms with Gasteiger partial charge in [-0.05, 0) is 25.1 Å². The first-order chi connectivity index (χ1) is 10.3. The molecule has 21 heavy (non-hydrogen) atoms. The molecular weight excluding hydrogens is 280 g/mol. The van der Waals surface area contributed by atoms with Crippen molar-refractivity contribution in [3.8, 4) is 17.0 Å². The van der Waals surface area contributed by atoms with Gasteiger partial charge in [0.25, 0.3) is 0 Å². The molecule has 0 unspecified atom stereocenters. The Morgan fingerprint density at radius 3 is 2.95 bits per heavy atom. The molecule has 0 saturated carbocycles. The van der Waals surface area contributed by atoms with Crippen LogP contribution in [0.5, 0.6) is 5.75 Å². The van der Waals surface area contributed by atoms with E-state index in [-0.39, 0.29) is 0 Å². The lowest BCUT2D eigenvalue weighted by atomic mass is 10.2. The third kappa shape index (κ3) is 5.14. The highest BCUT2D eigenvalue weighted by molar-refractivity contribution is 7.09. The van der Waals surface area contributed by atoms with Crippen molar-refractivity contribution >= 4 is 11.3 Å². The summed E-state index contributed by atoms with van der Waals surface area (Å²) in [5, 5.41) is 6.80. The van der Waals surface area contributed by atoms with Crippen LogP contribution in [0.4, 0.5) is 0 Å². The minimum atomic E-state index is 0.875. The molecule has 0 spiro atoms. The number of hydrogen-bond donors (Lipinski definition) is 1. The molecule has 3 nitrogen and oxygen atoms in total. The lowest BCUT2D eigenvalue weighted by Crippen LogP contribution is -2.18. The maximum Gasteiger partial charge on any atom is 0.119 e. The van der Waals surface area contributed by atoms with Gasteiger partial charge in [-0.2, -0.15) is 0 Å². The molecule has 0 amide bonds. The van der Waals surface area contributed by atoms with Gasteiger partial charge in [-0.15, -0.1) is 11.3 Å². The number of benzene rings is 1. The van der Waals surface area contributed by atoms with Crippen LogP contribution in [0, 0.1) is 0 Å². The van der Waals surface area contributed by atoms with Crippen LogP contribution in [-0.4, -0.2) is 25.2 Å². The number of hydrogen-bond acceptors (Lipinski definition) is 4. The zero-order valence-corrected chi connectivity index (χ0v) is 13.7. The fraction of sp³-hybridized carbons (Fsp3) is 0.471. The van der Waals surface area contributed by atoms with E-state index in [4.69, 9.17) is 9.72 Å². The minimum Gasteiger partial charge on any atom is -0.497 e. The Morgan fingerprint density at radius 2 is 2.14 bits per heavy atom. The molecule has 2 aromatic rings. The molecule has 1 heterocycles. The van der Waals surface area contributed by atoms with Crippen LogP contribution in [0.15, 0.2) is 29.6 Å². The summed E-state index contributed by atoms with van der Waals surface area (Å²) < 4.78 is 5.26. The molecule has 114 valence electrons. The van der Waals surface area contributed by atoms with Gasteiger partial charge in [0, 0.05) is 23.9 Å². The molecule has 0 aliphatic carbocycles. The first-order valence-corrected chi connectivity index (χ1v) is 8.51. The van der Waals surface area contributed by atoms with E-state index in [0.29, 0.717) is 0 Å². The van der Waals surface area contributed by atoms with E-state index < -0.39 is 0 Å². The van der Waals surface area contributed by atoms with Crippen molar-refractivity contribution in [1.29, 1.82) is 0 Å². The third-order valence-electron chi connectivity index (χ3n) is 3.39. The number of unbranched alkanes of at least 4 members (excludes halogenated alkanes) is 2. The van der Waals surface area contributed by atoms with Gasteiger partial charge in [0.1, 0.15) is 5.75 Å². The standard InChI is InChI=1S/C17H24N2OS/c1-3-4-5-10-18-11-9-17-19-16(13-21-17)14-7-6-8-15(12-14)20-2/h6-8,12-13,18H,3-5,9-11H2,1-2H3. The van der Waals surface area contributed by atoms with Gasteiger partial charge in [-0.3, -0.25) is 0 Å². The van der Waals surface area contributed by atoms with E-state index in [0.717, 1.165) is 36.5 Å². The highest BCUT2D eigenvalue weighted by atomic mass is 32.1. The fourth-order valence-corrected chi connectivity index (χ4v) is 2.97. The van der Waals surface area contributed by atoms with Gasteiger partial charge in [0.2, 0.25) is 0 Å². The summed E-state index contributed by atoms with van der Waals surface area (Å²) in [6.07, 6.45) is 4.85. The van der Waals surface area contributed by atoms with Gasteiger partial charge in [0.05, 0.1) is 17.8 Å². The molecule has 0 saturated heterocycles. The van der Waals surface area contributed by atoms with E-state index in [1.54, 1.807) is 18.4 Å². The normalized spacial score (nSPS) is 10.8. The first kappa shape index (κ1) is 16.0. The van der Waals surface area contributed by atoms with E-state index in [1.807, 2.05) is 18.2 Å². The lowest BCUT2D eigenvalue weighted by Gasteiger charge is -2.02. The number of aromatic nitrogens is 1. The van der Waals surface area contributed by atoms with Crippen LogP contribution in [0.2, 0.25) is 0 Å². The van der Waals surface area contributed by atoms with Crippen molar-refractivity contribution in [2.24, 2.45) is 0 Å². The van der Waals surface area contributed by atoms with E-state index >= 15 is 0 Å². The Hall–Kier alpha value is -1.39. The molecule has 0 radical (unpaired) electrons. The highest BCUT2D eigenvalue weighted by Gasteiger charge is 2.05. The number of methoxy groups -OCH3 is 1. The third-order valence-corrected chi connectivity index (χ3v) is 4.30. The second kappa shape index (κ2) is 8.80. The summed E-state index contributed by atoms with van der Waals surface area (Å²) >= 11 is 1.73. The predicted octanol–water partition coefficient (Wildman–Crippen LogP) is 4.14. The summed E-state index contributed by atoms with van der Waals surface area (Å²) in [6.45, 7) is 4.35. The Labute approximate surface area is 131 Å². The number of nitrogens with zero attached hydrogens (tertiary/aromatic N) is 1. The second-order valence-corrected chi connectivity index (χ2v) is 6.01. The van der Waals surface area contributed by atoms with Crippen molar-refractivity contribution in [3.05, 3.63) is 34.7 Å². The summed E-state index contributed by atoms with van der Waals surface area (Å²) in [5.41, 5.74) is 2.16. The van der Waals surface area contributed by atoms with Crippen LogP contribution in [0.3, 0.4) is 0 Å². The van der Waals surface area contributed by atoms with Crippen LogP contribution in [-0.2, 0) is 6.42 Å². The number of ether oxygens (including phenoxy) is 1. The molecular formula is C17H24N2OS. The quantitative estimate of drug-likeness (QED) is 0.707. The van der Waals surface area contributed by atoms with Gasteiger partial charge in [0.15, 0.2) is 0 Å².